The lowest BCUT2D eigenvalue weighted by Crippen LogP contribution is -2.38. The first kappa shape index (κ1) is 29.6. The summed E-state index contributed by atoms with van der Waals surface area (Å²) in [5.74, 6) is 0.0841. The van der Waals surface area contributed by atoms with Gasteiger partial charge in [0.15, 0.2) is 5.82 Å². The molecular weight excluding hydrogens is 576 g/mol. The number of rotatable bonds is 7. The Hall–Kier alpha value is -2.60. The highest BCUT2D eigenvalue weighted by atomic mass is 127. The third kappa shape index (κ3) is 7.70. The van der Waals surface area contributed by atoms with Crippen molar-refractivity contribution in [3.63, 3.8) is 0 Å². The van der Waals surface area contributed by atoms with Crippen LogP contribution < -0.4 is 10.6 Å². The molecule has 36 heavy (non-hydrogen) atoms. The fourth-order valence-electron chi connectivity index (χ4n) is 4.28. The standard InChI is InChI=1S/C17H17FN4O.C9H17NO2.HI.2H2/c1-10(2)22-8-20-17-14(18)4-12(5-15(17)22)13-6-16(21-9-23)19-7-11(13)3;1-12-7-9(11)10-8-5-3-2-4-6-8;;;/h4-10H,1-3H3,(H,19,21,23);8H,2-7H2,1H3,(H,10,11);3*1H. The Kier molecular flexibility index (Phi) is 11.7. The van der Waals surface area contributed by atoms with Crippen molar-refractivity contribution in [2.75, 3.05) is 19.0 Å². The zero-order chi connectivity index (χ0) is 25.4. The molecule has 8 nitrogen and oxygen atoms in total. The normalized spacial score (nSPS) is 13.5. The Balaban J connectivity index is 0.000000787. The van der Waals surface area contributed by atoms with Gasteiger partial charge in [-0.2, -0.15) is 0 Å². The minimum absolute atomic E-state index is 0. The van der Waals surface area contributed by atoms with Gasteiger partial charge in [-0.3, -0.25) is 9.59 Å². The number of aromatic nitrogens is 3. The molecule has 0 bridgehead atoms. The van der Waals surface area contributed by atoms with E-state index in [1.165, 1.54) is 25.3 Å². The van der Waals surface area contributed by atoms with Crippen LogP contribution in [0.3, 0.4) is 0 Å². The fraction of sp³-hybridized carbons (Fsp3) is 0.462. The number of methoxy groups -OCH3 is 1. The molecule has 1 aliphatic rings. The molecule has 0 spiro atoms. The molecule has 1 fully saturated rings. The zero-order valence-electron chi connectivity index (χ0n) is 21.2. The van der Waals surface area contributed by atoms with Crippen molar-refractivity contribution in [2.45, 2.75) is 65.0 Å². The molecule has 4 rings (SSSR count). The van der Waals surface area contributed by atoms with E-state index in [9.17, 15) is 14.0 Å². The first-order chi connectivity index (χ1) is 16.8. The summed E-state index contributed by atoms with van der Waals surface area (Å²) < 4.78 is 21.1. The van der Waals surface area contributed by atoms with Crippen molar-refractivity contribution in [2.24, 2.45) is 0 Å². The topological polar surface area (TPSA) is 98.1 Å². The lowest BCUT2D eigenvalue weighted by Gasteiger charge is -2.22. The van der Waals surface area contributed by atoms with Gasteiger partial charge in [0, 0.05) is 28.2 Å². The van der Waals surface area contributed by atoms with E-state index in [4.69, 9.17) is 4.74 Å². The number of benzene rings is 1. The number of anilines is 1. The second-order valence-corrected chi connectivity index (χ2v) is 9.05. The van der Waals surface area contributed by atoms with E-state index < -0.39 is 0 Å². The van der Waals surface area contributed by atoms with Crippen LogP contribution in [0.1, 0.15) is 60.4 Å². The monoisotopic (exact) mass is 615 g/mol. The minimum atomic E-state index is -0.363. The van der Waals surface area contributed by atoms with Gasteiger partial charge in [-0.1, -0.05) is 19.3 Å². The van der Waals surface area contributed by atoms with E-state index in [1.807, 2.05) is 31.4 Å². The third-order valence-corrected chi connectivity index (χ3v) is 6.06. The molecule has 0 aliphatic heterocycles. The smallest absolute Gasteiger partial charge is 0.246 e. The number of carbonyl (C=O) groups is 2. The summed E-state index contributed by atoms with van der Waals surface area (Å²) in [7, 11) is 1.54. The summed E-state index contributed by atoms with van der Waals surface area (Å²) >= 11 is 0. The number of nitrogens with zero attached hydrogens (tertiary/aromatic N) is 3. The number of imidazole rings is 1. The quantitative estimate of drug-likeness (QED) is 0.255. The summed E-state index contributed by atoms with van der Waals surface area (Å²) in [5.41, 5.74) is 3.56. The van der Waals surface area contributed by atoms with Gasteiger partial charge in [0.25, 0.3) is 0 Å². The number of halogens is 2. The average Bonchev–Trinajstić information content (AvgIpc) is 3.27. The first-order valence-electron chi connectivity index (χ1n) is 12.0. The molecule has 0 unspecified atom stereocenters. The van der Waals surface area contributed by atoms with Crippen LogP contribution in [0.25, 0.3) is 22.2 Å². The van der Waals surface area contributed by atoms with Gasteiger partial charge in [0.05, 0.1) is 11.8 Å². The molecule has 2 N–H and O–H groups in total. The van der Waals surface area contributed by atoms with E-state index in [2.05, 4.69) is 20.6 Å². The Morgan fingerprint density at radius 1 is 1.25 bits per heavy atom. The van der Waals surface area contributed by atoms with Gasteiger partial charge >= 0.3 is 0 Å². The molecule has 2 amide bonds. The van der Waals surface area contributed by atoms with E-state index in [1.54, 1.807) is 25.7 Å². The Bertz CT molecular complexity index is 1170. The number of amides is 2. The second-order valence-electron chi connectivity index (χ2n) is 9.05. The highest BCUT2D eigenvalue weighted by Crippen LogP contribution is 2.30. The molecule has 10 heteroatoms. The maximum Gasteiger partial charge on any atom is 0.246 e. The summed E-state index contributed by atoms with van der Waals surface area (Å²) in [6, 6.07) is 5.70. The van der Waals surface area contributed by atoms with Gasteiger partial charge in [-0.15, -0.1) is 24.0 Å². The number of carbonyl (C=O) groups excluding carboxylic acids is 2. The maximum atomic E-state index is 14.4. The van der Waals surface area contributed by atoms with E-state index in [0.29, 0.717) is 23.8 Å². The zero-order valence-corrected chi connectivity index (χ0v) is 23.5. The SMILES string of the molecule is COCC(=O)NC1CCCCC1.Cc1cnc(NC=O)cc1-c1cc(F)c2ncn(C(C)C)c2c1.I.[HH].[HH]. The van der Waals surface area contributed by atoms with Crippen LogP contribution in [-0.4, -0.2) is 46.6 Å². The van der Waals surface area contributed by atoms with Crippen LogP contribution in [0, 0.1) is 12.7 Å². The van der Waals surface area contributed by atoms with Crippen LogP contribution in [0.2, 0.25) is 0 Å². The van der Waals surface area contributed by atoms with Gasteiger partial charge in [-0.05, 0) is 68.5 Å². The molecule has 1 saturated carbocycles. The molecule has 0 atom stereocenters. The molecule has 0 saturated heterocycles. The van der Waals surface area contributed by atoms with Gasteiger partial charge < -0.3 is 19.9 Å². The summed E-state index contributed by atoms with van der Waals surface area (Å²) in [5, 5.41) is 5.47. The van der Waals surface area contributed by atoms with Crippen LogP contribution in [0.4, 0.5) is 10.2 Å². The number of nitrogens with one attached hydrogen (secondary N) is 2. The predicted octanol–water partition coefficient (Wildman–Crippen LogP) is 5.89. The van der Waals surface area contributed by atoms with Crippen molar-refractivity contribution in [3.8, 4) is 11.1 Å². The Morgan fingerprint density at radius 3 is 2.61 bits per heavy atom. The number of hydrogen-bond donors (Lipinski definition) is 2. The molecule has 200 valence electrons. The molecule has 2 aromatic heterocycles. The maximum absolute atomic E-state index is 14.4. The van der Waals surface area contributed by atoms with Crippen LogP contribution in [-0.2, 0) is 14.3 Å². The largest absolute Gasteiger partial charge is 0.375 e. The average molecular weight is 616 g/mol. The summed E-state index contributed by atoms with van der Waals surface area (Å²) in [6.07, 6.45) is 9.96. The van der Waals surface area contributed by atoms with Gasteiger partial charge in [-0.25, -0.2) is 14.4 Å². The summed E-state index contributed by atoms with van der Waals surface area (Å²) in [6.45, 7) is 6.14. The lowest BCUT2D eigenvalue weighted by molar-refractivity contribution is -0.125. The van der Waals surface area contributed by atoms with Crippen LogP contribution in [0.5, 0.6) is 0 Å². The van der Waals surface area contributed by atoms with Gasteiger partial charge in [0.2, 0.25) is 12.3 Å². The molecule has 0 radical (unpaired) electrons. The number of ether oxygens (including phenoxy) is 1. The number of pyridine rings is 1. The van der Waals surface area contributed by atoms with Crippen molar-refractivity contribution in [3.05, 3.63) is 42.1 Å². The highest BCUT2D eigenvalue weighted by molar-refractivity contribution is 14.0. The second kappa shape index (κ2) is 14.2. The molecular formula is C26H39FIN5O3. The third-order valence-electron chi connectivity index (χ3n) is 6.06. The van der Waals surface area contributed by atoms with E-state index >= 15 is 0 Å². The number of fused-ring (bicyclic) bond motifs is 1. The molecule has 3 aromatic rings. The number of hydrogen-bond acceptors (Lipinski definition) is 5. The Labute approximate surface area is 231 Å². The summed E-state index contributed by atoms with van der Waals surface area (Å²) in [4.78, 5) is 30.0. The number of aryl methyl sites for hydroxylation is 1. The Morgan fingerprint density at radius 2 is 1.97 bits per heavy atom. The van der Waals surface area contributed by atoms with E-state index in [0.717, 1.165) is 35.0 Å². The molecule has 1 aliphatic carbocycles. The van der Waals surface area contributed by atoms with Crippen LogP contribution >= 0.6 is 24.0 Å². The fourth-order valence-corrected chi connectivity index (χ4v) is 4.28. The van der Waals surface area contributed by atoms with Crippen molar-refractivity contribution in [1.29, 1.82) is 0 Å². The predicted molar refractivity (Wildman–Crippen MR) is 154 cm³/mol. The first-order valence-corrected chi connectivity index (χ1v) is 12.0. The van der Waals surface area contributed by atoms with Crippen molar-refractivity contribution in [1.82, 2.24) is 19.9 Å². The lowest BCUT2D eigenvalue weighted by atomic mass is 9.95. The molecule has 2 heterocycles. The molecule has 1 aromatic carbocycles. The van der Waals surface area contributed by atoms with E-state index in [-0.39, 0.29) is 51.2 Å². The van der Waals surface area contributed by atoms with Gasteiger partial charge in [0.1, 0.15) is 17.9 Å². The minimum Gasteiger partial charge on any atom is -0.375 e. The van der Waals surface area contributed by atoms with Crippen molar-refractivity contribution < 1.29 is 21.6 Å². The highest BCUT2D eigenvalue weighted by Gasteiger charge is 2.15. The van der Waals surface area contributed by atoms with Crippen LogP contribution in [0.15, 0.2) is 30.7 Å². The van der Waals surface area contributed by atoms with Crippen molar-refractivity contribution >= 4 is 53.1 Å².